The SMILES string of the molecule is Cc1ccc(C(=O)NC2CCOC(C)C2)cc1S(N)(=O)=O. The molecule has 1 amide bonds. The van der Waals surface area contributed by atoms with Gasteiger partial charge in [-0.2, -0.15) is 0 Å². The summed E-state index contributed by atoms with van der Waals surface area (Å²) in [6.45, 7) is 4.22. The number of benzene rings is 1. The maximum atomic E-state index is 12.2. The molecule has 21 heavy (non-hydrogen) atoms. The van der Waals surface area contributed by atoms with Gasteiger partial charge in [0.1, 0.15) is 0 Å². The number of sulfonamides is 1. The molecule has 6 nitrogen and oxygen atoms in total. The van der Waals surface area contributed by atoms with Crippen molar-refractivity contribution in [3.05, 3.63) is 29.3 Å². The van der Waals surface area contributed by atoms with Gasteiger partial charge in [-0.25, -0.2) is 13.6 Å². The number of amides is 1. The average Bonchev–Trinajstić information content (AvgIpc) is 2.37. The highest BCUT2D eigenvalue weighted by atomic mass is 32.2. The number of carbonyl (C=O) groups excluding carboxylic acids is 1. The quantitative estimate of drug-likeness (QED) is 0.867. The number of ether oxygens (including phenoxy) is 1. The van der Waals surface area contributed by atoms with E-state index in [1.807, 2.05) is 6.92 Å². The topological polar surface area (TPSA) is 98.5 Å². The lowest BCUT2D eigenvalue weighted by atomic mass is 10.0. The lowest BCUT2D eigenvalue weighted by Crippen LogP contribution is -2.41. The van der Waals surface area contributed by atoms with Crippen LogP contribution in [-0.4, -0.2) is 33.1 Å². The van der Waals surface area contributed by atoms with Crippen molar-refractivity contribution in [3.63, 3.8) is 0 Å². The molecule has 7 heteroatoms. The predicted octanol–water partition coefficient (Wildman–Crippen LogP) is 0.940. The first-order valence-corrected chi connectivity index (χ1v) is 8.38. The van der Waals surface area contributed by atoms with Crippen molar-refractivity contribution in [2.75, 3.05) is 6.61 Å². The zero-order valence-corrected chi connectivity index (χ0v) is 12.9. The van der Waals surface area contributed by atoms with E-state index in [9.17, 15) is 13.2 Å². The lowest BCUT2D eigenvalue weighted by molar-refractivity contribution is 0.0136. The van der Waals surface area contributed by atoms with E-state index >= 15 is 0 Å². The molecule has 0 radical (unpaired) electrons. The van der Waals surface area contributed by atoms with Crippen LogP contribution in [0, 0.1) is 6.92 Å². The molecule has 1 saturated heterocycles. The Labute approximate surface area is 124 Å². The van der Waals surface area contributed by atoms with E-state index in [2.05, 4.69) is 5.32 Å². The number of primary sulfonamides is 1. The van der Waals surface area contributed by atoms with Crippen LogP contribution < -0.4 is 10.5 Å². The van der Waals surface area contributed by atoms with Crippen molar-refractivity contribution in [1.29, 1.82) is 0 Å². The number of carbonyl (C=O) groups is 1. The van der Waals surface area contributed by atoms with Crippen LogP contribution in [0.25, 0.3) is 0 Å². The Morgan fingerprint density at radius 3 is 2.76 bits per heavy atom. The smallest absolute Gasteiger partial charge is 0.251 e. The van der Waals surface area contributed by atoms with Crippen molar-refractivity contribution in [3.8, 4) is 0 Å². The molecule has 1 aromatic rings. The summed E-state index contributed by atoms with van der Waals surface area (Å²) in [5.74, 6) is -0.293. The lowest BCUT2D eigenvalue weighted by Gasteiger charge is -2.28. The van der Waals surface area contributed by atoms with Gasteiger partial charge in [0.05, 0.1) is 11.0 Å². The second-order valence-corrected chi connectivity index (χ2v) is 6.93. The summed E-state index contributed by atoms with van der Waals surface area (Å²) in [4.78, 5) is 12.2. The van der Waals surface area contributed by atoms with Crippen LogP contribution in [0.4, 0.5) is 0 Å². The van der Waals surface area contributed by atoms with Gasteiger partial charge in [0.2, 0.25) is 10.0 Å². The first kappa shape index (κ1) is 15.9. The molecule has 3 N–H and O–H groups in total. The van der Waals surface area contributed by atoms with Crippen LogP contribution in [0.5, 0.6) is 0 Å². The number of nitrogens with two attached hydrogens (primary N) is 1. The van der Waals surface area contributed by atoms with Crippen molar-refractivity contribution >= 4 is 15.9 Å². The molecule has 2 unspecified atom stereocenters. The number of hydrogen-bond acceptors (Lipinski definition) is 4. The van der Waals surface area contributed by atoms with Gasteiger partial charge in [-0.3, -0.25) is 4.79 Å². The van der Waals surface area contributed by atoms with Crippen LogP contribution in [0.3, 0.4) is 0 Å². The number of aryl methyl sites for hydroxylation is 1. The fourth-order valence-electron chi connectivity index (χ4n) is 2.45. The normalized spacial score (nSPS) is 22.8. The maximum Gasteiger partial charge on any atom is 0.251 e. The van der Waals surface area contributed by atoms with Crippen LogP contribution in [0.15, 0.2) is 23.1 Å². The van der Waals surface area contributed by atoms with Gasteiger partial charge in [-0.1, -0.05) is 6.07 Å². The molecule has 2 rings (SSSR count). The van der Waals surface area contributed by atoms with Gasteiger partial charge in [0, 0.05) is 18.2 Å². The molecule has 0 saturated carbocycles. The zero-order valence-electron chi connectivity index (χ0n) is 12.1. The highest BCUT2D eigenvalue weighted by Crippen LogP contribution is 2.17. The molecule has 1 fully saturated rings. The van der Waals surface area contributed by atoms with Crippen LogP contribution in [-0.2, 0) is 14.8 Å². The number of nitrogens with one attached hydrogen (secondary N) is 1. The summed E-state index contributed by atoms with van der Waals surface area (Å²) in [5, 5.41) is 8.06. The minimum atomic E-state index is -3.83. The Kier molecular flexibility index (Phi) is 4.65. The van der Waals surface area contributed by atoms with Crippen LogP contribution >= 0.6 is 0 Å². The number of rotatable bonds is 3. The third-order valence-corrected chi connectivity index (χ3v) is 4.63. The molecule has 0 aliphatic carbocycles. The first-order valence-electron chi connectivity index (χ1n) is 6.83. The third kappa shape index (κ3) is 4.03. The molecule has 0 aromatic heterocycles. The van der Waals surface area contributed by atoms with Crippen molar-refractivity contribution < 1.29 is 17.9 Å². The fourth-order valence-corrected chi connectivity index (χ4v) is 3.25. The zero-order chi connectivity index (χ0) is 15.6. The van der Waals surface area contributed by atoms with Gasteiger partial charge < -0.3 is 10.1 Å². The molecular weight excluding hydrogens is 292 g/mol. The van der Waals surface area contributed by atoms with Gasteiger partial charge >= 0.3 is 0 Å². The average molecular weight is 312 g/mol. The van der Waals surface area contributed by atoms with Crippen LogP contribution in [0.2, 0.25) is 0 Å². The van der Waals surface area contributed by atoms with Gasteiger partial charge in [-0.15, -0.1) is 0 Å². The molecule has 1 heterocycles. The summed E-state index contributed by atoms with van der Waals surface area (Å²) in [7, 11) is -3.83. The second-order valence-electron chi connectivity index (χ2n) is 5.40. The Bertz CT molecular complexity index is 642. The summed E-state index contributed by atoms with van der Waals surface area (Å²) in [6.07, 6.45) is 1.62. The monoisotopic (exact) mass is 312 g/mol. The molecule has 0 spiro atoms. The first-order chi connectivity index (χ1) is 9.77. The minimum Gasteiger partial charge on any atom is -0.378 e. The van der Waals surface area contributed by atoms with Gasteiger partial charge in [-0.05, 0) is 44.4 Å². The third-order valence-electron chi connectivity index (χ3n) is 3.58. The molecule has 1 aromatic carbocycles. The summed E-state index contributed by atoms with van der Waals surface area (Å²) >= 11 is 0. The molecule has 1 aliphatic rings. The van der Waals surface area contributed by atoms with Gasteiger partial charge in [0.15, 0.2) is 0 Å². The summed E-state index contributed by atoms with van der Waals surface area (Å²) in [6, 6.07) is 4.55. The summed E-state index contributed by atoms with van der Waals surface area (Å²) < 4.78 is 28.4. The predicted molar refractivity (Wildman–Crippen MR) is 78.5 cm³/mol. The fraction of sp³-hybridized carbons (Fsp3) is 0.500. The minimum absolute atomic E-state index is 0.0181. The second kappa shape index (κ2) is 6.13. The molecule has 1 aliphatic heterocycles. The number of hydrogen-bond donors (Lipinski definition) is 2. The maximum absolute atomic E-state index is 12.2. The highest BCUT2D eigenvalue weighted by molar-refractivity contribution is 7.89. The largest absolute Gasteiger partial charge is 0.378 e. The van der Waals surface area contributed by atoms with E-state index < -0.39 is 10.0 Å². The van der Waals surface area contributed by atoms with Gasteiger partial charge in [0.25, 0.3) is 5.91 Å². The van der Waals surface area contributed by atoms with Crippen molar-refractivity contribution in [2.24, 2.45) is 5.14 Å². The van der Waals surface area contributed by atoms with E-state index in [-0.39, 0.29) is 22.9 Å². The Morgan fingerprint density at radius 2 is 2.14 bits per heavy atom. The summed E-state index contributed by atoms with van der Waals surface area (Å²) in [5.41, 5.74) is 0.817. The molecule has 116 valence electrons. The van der Waals surface area contributed by atoms with E-state index in [0.717, 1.165) is 12.8 Å². The van der Waals surface area contributed by atoms with Crippen molar-refractivity contribution in [2.45, 2.75) is 43.7 Å². The van der Waals surface area contributed by atoms with Crippen molar-refractivity contribution in [1.82, 2.24) is 5.32 Å². The standard InChI is InChI=1S/C14H20N2O4S/c1-9-3-4-11(8-13(9)21(15,18)19)14(17)16-12-5-6-20-10(2)7-12/h3-4,8,10,12H,5-7H2,1-2H3,(H,16,17)(H2,15,18,19). The van der Waals surface area contributed by atoms with Crippen LogP contribution in [0.1, 0.15) is 35.7 Å². The van der Waals surface area contributed by atoms with E-state index in [1.165, 1.54) is 6.07 Å². The molecule has 0 bridgehead atoms. The molecular formula is C14H20N2O4S. The Morgan fingerprint density at radius 1 is 1.43 bits per heavy atom. The van der Waals surface area contributed by atoms with E-state index in [4.69, 9.17) is 9.88 Å². The highest BCUT2D eigenvalue weighted by Gasteiger charge is 2.22. The van der Waals surface area contributed by atoms with E-state index in [1.54, 1.807) is 19.1 Å². The molecule has 2 atom stereocenters. The Hall–Kier alpha value is -1.44. The van der Waals surface area contributed by atoms with E-state index in [0.29, 0.717) is 17.7 Å². The Balaban J connectivity index is 2.16.